The number of rotatable bonds is 5. The van der Waals surface area contributed by atoms with Gasteiger partial charge in [-0.1, -0.05) is 36.4 Å². The van der Waals surface area contributed by atoms with Gasteiger partial charge in [0.25, 0.3) is 5.91 Å². The summed E-state index contributed by atoms with van der Waals surface area (Å²) in [6, 6.07) is 14.3. The number of fused-ring (bicyclic) bond motifs is 2. The van der Waals surface area contributed by atoms with Gasteiger partial charge in [-0.3, -0.25) is 4.79 Å². The first-order chi connectivity index (χ1) is 14.6. The van der Waals surface area contributed by atoms with Crippen LogP contribution in [0.4, 0.5) is 0 Å². The summed E-state index contributed by atoms with van der Waals surface area (Å²) in [5.41, 5.74) is 1.43. The quantitative estimate of drug-likeness (QED) is 0.516. The Morgan fingerprint density at radius 2 is 2.00 bits per heavy atom. The summed E-state index contributed by atoms with van der Waals surface area (Å²) in [4.78, 5) is 36.9. The number of aryl methyl sites for hydroxylation is 1. The summed E-state index contributed by atoms with van der Waals surface area (Å²) in [6.45, 7) is -0.479. The van der Waals surface area contributed by atoms with E-state index in [2.05, 4.69) is 11.4 Å². The molecule has 1 heterocycles. The minimum atomic E-state index is -0.910. The lowest BCUT2D eigenvalue weighted by Gasteiger charge is -2.26. The van der Waals surface area contributed by atoms with E-state index in [0.717, 1.165) is 24.8 Å². The van der Waals surface area contributed by atoms with Crippen LogP contribution in [0, 0.1) is 0 Å². The van der Waals surface area contributed by atoms with Crippen LogP contribution in [-0.4, -0.2) is 25.6 Å². The van der Waals surface area contributed by atoms with E-state index < -0.39 is 24.1 Å². The van der Waals surface area contributed by atoms with Gasteiger partial charge in [0.2, 0.25) is 0 Å². The maximum absolute atomic E-state index is 12.4. The number of carbonyl (C=O) groups excluding carboxylic acids is 2. The second-order valence-electron chi connectivity index (χ2n) is 7.11. The summed E-state index contributed by atoms with van der Waals surface area (Å²) in [6.07, 6.45) is 2.79. The monoisotopic (exact) mass is 407 g/mol. The number of esters is 1. The van der Waals surface area contributed by atoms with Crippen molar-refractivity contribution in [2.24, 2.45) is 0 Å². The molecule has 1 N–H and O–H groups in total. The van der Waals surface area contributed by atoms with E-state index >= 15 is 0 Å². The van der Waals surface area contributed by atoms with Crippen molar-refractivity contribution in [3.63, 3.8) is 0 Å². The average Bonchev–Trinajstić information content (AvgIpc) is 2.77. The zero-order chi connectivity index (χ0) is 21.1. The molecule has 4 rings (SSSR count). The lowest BCUT2D eigenvalue weighted by molar-refractivity contribution is -0.125. The Bertz CT molecular complexity index is 1170. The molecule has 1 aliphatic carbocycles. The molecular formula is C23H21NO6. The average molecular weight is 407 g/mol. The molecule has 0 aliphatic heterocycles. The van der Waals surface area contributed by atoms with Gasteiger partial charge in [0.05, 0.1) is 13.2 Å². The van der Waals surface area contributed by atoms with Crippen LogP contribution in [-0.2, 0) is 16.0 Å². The molecule has 0 radical (unpaired) electrons. The molecule has 3 aromatic rings. The van der Waals surface area contributed by atoms with Crippen LogP contribution < -0.4 is 15.7 Å². The van der Waals surface area contributed by atoms with Gasteiger partial charge >= 0.3 is 11.6 Å². The smallest absolute Gasteiger partial charge is 0.351 e. The molecule has 0 saturated heterocycles. The Labute approximate surface area is 172 Å². The van der Waals surface area contributed by atoms with Crippen molar-refractivity contribution in [2.75, 3.05) is 13.7 Å². The lowest BCUT2D eigenvalue weighted by atomic mass is 9.88. The summed E-state index contributed by atoms with van der Waals surface area (Å²) in [5.74, 6) is -0.943. The molecule has 0 fully saturated rings. The number of hydrogen-bond donors (Lipinski definition) is 1. The molecule has 7 nitrogen and oxygen atoms in total. The van der Waals surface area contributed by atoms with Gasteiger partial charge in [-0.25, -0.2) is 9.59 Å². The van der Waals surface area contributed by atoms with Crippen molar-refractivity contribution in [3.8, 4) is 5.75 Å². The first-order valence-corrected chi connectivity index (χ1v) is 9.72. The summed E-state index contributed by atoms with van der Waals surface area (Å²) < 4.78 is 15.4. The van der Waals surface area contributed by atoms with E-state index in [1.54, 1.807) is 18.2 Å². The van der Waals surface area contributed by atoms with E-state index in [-0.39, 0.29) is 17.2 Å². The molecule has 1 unspecified atom stereocenters. The van der Waals surface area contributed by atoms with Gasteiger partial charge in [0.15, 0.2) is 17.9 Å². The predicted octanol–water partition coefficient (Wildman–Crippen LogP) is 3.15. The van der Waals surface area contributed by atoms with Crippen LogP contribution in [0.25, 0.3) is 11.0 Å². The number of carbonyl (C=O) groups is 2. The summed E-state index contributed by atoms with van der Waals surface area (Å²) >= 11 is 0. The molecular weight excluding hydrogens is 386 g/mol. The Morgan fingerprint density at radius 3 is 2.83 bits per heavy atom. The maximum atomic E-state index is 12.4. The van der Waals surface area contributed by atoms with Gasteiger partial charge in [0, 0.05) is 5.39 Å². The fraction of sp³-hybridized carbons (Fsp3) is 0.261. The van der Waals surface area contributed by atoms with Crippen LogP contribution in [0.15, 0.2) is 57.7 Å². The largest absolute Gasteiger partial charge is 0.493 e. The van der Waals surface area contributed by atoms with Crippen LogP contribution >= 0.6 is 0 Å². The molecule has 1 amide bonds. The normalized spacial score (nSPS) is 15.3. The van der Waals surface area contributed by atoms with Crippen molar-refractivity contribution in [3.05, 3.63) is 75.6 Å². The molecule has 154 valence electrons. The van der Waals surface area contributed by atoms with E-state index in [9.17, 15) is 14.4 Å². The van der Waals surface area contributed by atoms with Crippen molar-refractivity contribution in [1.29, 1.82) is 0 Å². The van der Waals surface area contributed by atoms with Crippen LogP contribution in [0.5, 0.6) is 5.75 Å². The third-order valence-electron chi connectivity index (χ3n) is 5.20. The zero-order valence-corrected chi connectivity index (χ0v) is 16.5. The highest BCUT2D eigenvalue weighted by Gasteiger charge is 2.23. The van der Waals surface area contributed by atoms with Crippen molar-refractivity contribution >= 4 is 22.8 Å². The Morgan fingerprint density at radius 1 is 1.17 bits per heavy atom. The highest BCUT2D eigenvalue weighted by Crippen LogP contribution is 2.29. The van der Waals surface area contributed by atoms with E-state index in [4.69, 9.17) is 13.9 Å². The van der Waals surface area contributed by atoms with E-state index in [1.807, 2.05) is 18.2 Å². The predicted molar refractivity (Wildman–Crippen MR) is 110 cm³/mol. The van der Waals surface area contributed by atoms with E-state index in [0.29, 0.717) is 11.1 Å². The number of nitrogens with one attached hydrogen (secondary N) is 1. The number of ether oxygens (including phenoxy) is 2. The van der Waals surface area contributed by atoms with Gasteiger partial charge in [0.1, 0.15) is 5.56 Å². The lowest BCUT2D eigenvalue weighted by Crippen LogP contribution is -2.34. The standard InChI is InChI=1S/C23H21NO6/c1-28-19-11-5-8-15-12-17(23(27)30-21(15)19)22(26)29-13-20(25)24-18-10-4-7-14-6-2-3-9-16(14)18/h2-3,5-6,8-9,11-12,18H,4,7,10,13H2,1H3,(H,24,25). The fourth-order valence-corrected chi connectivity index (χ4v) is 3.77. The Balaban J connectivity index is 1.43. The van der Waals surface area contributed by atoms with Gasteiger partial charge in [-0.05, 0) is 42.5 Å². The second kappa shape index (κ2) is 8.41. The molecule has 0 saturated carbocycles. The topological polar surface area (TPSA) is 94.8 Å². The third kappa shape index (κ3) is 3.91. The van der Waals surface area contributed by atoms with Crippen LogP contribution in [0.2, 0.25) is 0 Å². The van der Waals surface area contributed by atoms with Gasteiger partial charge in [-0.15, -0.1) is 0 Å². The molecule has 0 bridgehead atoms. The summed E-state index contributed by atoms with van der Waals surface area (Å²) in [5, 5.41) is 3.42. The van der Waals surface area contributed by atoms with Crippen molar-refractivity contribution in [2.45, 2.75) is 25.3 Å². The fourth-order valence-electron chi connectivity index (χ4n) is 3.77. The maximum Gasteiger partial charge on any atom is 0.351 e. The first-order valence-electron chi connectivity index (χ1n) is 9.72. The number of methoxy groups -OCH3 is 1. The Kier molecular flexibility index (Phi) is 5.52. The molecule has 1 aromatic heterocycles. The Hall–Kier alpha value is -3.61. The third-order valence-corrected chi connectivity index (χ3v) is 5.20. The SMILES string of the molecule is COc1cccc2cc(C(=O)OCC(=O)NC3CCCc4ccccc43)c(=O)oc12. The molecule has 0 spiro atoms. The number of para-hydroxylation sites is 1. The molecule has 1 aliphatic rings. The van der Waals surface area contributed by atoms with Gasteiger partial charge in [-0.2, -0.15) is 0 Å². The molecule has 2 aromatic carbocycles. The molecule has 1 atom stereocenters. The number of benzene rings is 2. The highest BCUT2D eigenvalue weighted by molar-refractivity contribution is 5.95. The van der Waals surface area contributed by atoms with Crippen molar-refractivity contribution < 1.29 is 23.5 Å². The minimum absolute atomic E-state index is 0.112. The van der Waals surface area contributed by atoms with Crippen molar-refractivity contribution in [1.82, 2.24) is 5.32 Å². The van der Waals surface area contributed by atoms with E-state index in [1.165, 1.54) is 18.7 Å². The number of hydrogen-bond acceptors (Lipinski definition) is 6. The highest BCUT2D eigenvalue weighted by atomic mass is 16.5. The second-order valence-corrected chi connectivity index (χ2v) is 7.11. The van der Waals surface area contributed by atoms with Gasteiger partial charge < -0.3 is 19.2 Å². The van der Waals surface area contributed by atoms with Crippen LogP contribution in [0.3, 0.4) is 0 Å². The summed E-state index contributed by atoms with van der Waals surface area (Å²) in [7, 11) is 1.46. The minimum Gasteiger partial charge on any atom is -0.493 e. The number of amides is 1. The first kappa shape index (κ1) is 19.7. The van der Waals surface area contributed by atoms with Crippen LogP contribution in [0.1, 0.15) is 40.4 Å². The molecule has 30 heavy (non-hydrogen) atoms. The molecule has 7 heteroatoms. The zero-order valence-electron chi connectivity index (χ0n) is 16.5.